The lowest BCUT2D eigenvalue weighted by molar-refractivity contribution is -0.113. The minimum Gasteiger partial charge on any atom is -0.399 e. The molecule has 0 saturated heterocycles. The van der Waals surface area contributed by atoms with Crippen LogP contribution in [0.4, 0.5) is 11.4 Å². The Labute approximate surface area is 114 Å². The molecule has 0 aliphatic heterocycles. The molecule has 0 heterocycles. The SMILES string of the molecule is Cc1cc(N)ccc1NC(=O)CSC(C)C(C)C. The number of nitrogens with two attached hydrogens (primary N) is 1. The van der Waals surface area contributed by atoms with E-state index in [2.05, 4.69) is 26.1 Å². The third-order valence-electron chi connectivity index (χ3n) is 2.94. The predicted octanol–water partition coefficient (Wildman–Crippen LogP) is 3.29. The van der Waals surface area contributed by atoms with Crippen LogP contribution < -0.4 is 11.1 Å². The average molecular weight is 266 g/mol. The summed E-state index contributed by atoms with van der Waals surface area (Å²) < 4.78 is 0. The Morgan fingerprint density at radius 3 is 2.61 bits per heavy atom. The summed E-state index contributed by atoms with van der Waals surface area (Å²) in [6.45, 7) is 8.42. The smallest absolute Gasteiger partial charge is 0.234 e. The highest BCUT2D eigenvalue weighted by atomic mass is 32.2. The molecule has 1 aromatic rings. The van der Waals surface area contributed by atoms with Gasteiger partial charge in [0, 0.05) is 16.6 Å². The van der Waals surface area contributed by atoms with Gasteiger partial charge in [0.05, 0.1) is 5.75 Å². The van der Waals surface area contributed by atoms with Crippen LogP contribution in [0.1, 0.15) is 26.3 Å². The number of rotatable bonds is 5. The summed E-state index contributed by atoms with van der Waals surface area (Å²) in [6, 6.07) is 5.51. The molecule has 0 aliphatic carbocycles. The first-order chi connectivity index (χ1) is 8.40. The van der Waals surface area contributed by atoms with Gasteiger partial charge in [0.2, 0.25) is 5.91 Å². The molecule has 1 atom stereocenters. The van der Waals surface area contributed by atoms with Gasteiger partial charge in [-0.15, -0.1) is 11.8 Å². The molecule has 0 bridgehead atoms. The van der Waals surface area contributed by atoms with E-state index in [0.29, 0.717) is 22.6 Å². The number of carbonyl (C=O) groups is 1. The second-order valence-electron chi connectivity index (χ2n) is 4.88. The molecule has 0 aliphatic rings. The van der Waals surface area contributed by atoms with E-state index in [1.807, 2.05) is 19.1 Å². The summed E-state index contributed by atoms with van der Waals surface area (Å²) >= 11 is 1.68. The van der Waals surface area contributed by atoms with Gasteiger partial charge in [0.1, 0.15) is 0 Å². The first-order valence-corrected chi connectivity index (χ1v) is 7.22. The fraction of sp³-hybridized carbons (Fsp3) is 0.500. The minimum absolute atomic E-state index is 0.0420. The van der Waals surface area contributed by atoms with Crippen LogP contribution in [0.2, 0.25) is 0 Å². The standard InChI is InChI=1S/C14H22N2OS/c1-9(2)11(4)18-8-14(17)16-13-6-5-12(15)7-10(13)3/h5-7,9,11H,8,15H2,1-4H3,(H,16,17). The molecule has 100 valence electrons. The van der Waals surface area contributed by atoms with Crippen molar-refractivity contribution in [2.24, 2.45) is 5.92 Å². The Hall–Kier alpha value is -1.16. The molecule has 3 nitrogen and oxygen atoms in total. The van der Waals surface area contributed by atoms with Crippen molar-refractivity contribution in [3.05, 3.63) is 23.8 Å². The van der Waals surface area contributed by atoms with Crippen LogP contribution in [0.25, 0.3) is 0 Å². The Morgan fingerprint density at radius 2 is 2.06 bits per heavy atom. The molecule has 1 unspecified atom stereocenters. The van der Waals surface area contributed by atoms with Gasteiger partial charge in [0.15, 0.2) is 0 Å². The zero-order chi connectivity index (χ0) is 13.7. The number of hydrogen-bond donors (Lipinski definition) is 2. The van der Waals surface area contributed by atoms with E-state index in [4.69, 9.17) is 5.73 Å². The monoisotopic (exact) mass is 266 g/mol. The van der Waals surface area contributed by atoms with Crippen LogP contribution in [0.3, 0.4) is 0 Å². The predicted molar refractivity (Wildman–Crippen MR) is 81.0 cm³/mol. The highest BCUT2D eigenvalue weighted by Crippen LogP contribution is 2.20. The summed E-state index contributed by atoms with van der Waals surface area (Å²) in [7, 11) is 0. The van der Waals surface area contributed by atoms with Crippen molar-refractivity contribution in [3.8, 4) is 0 Å². The number of carbonyl (C=O) groups excluding carboxylic acids is 1. The Kier molecular flexibility index (Phi) is 5.54. The molecule has 0 aromatic heterocycles. The number of benzene rings is 1. The molecule has 0 radical (unpaired) electrons. The van der Waals surface area contributed by atoms with E-state index < -0.39 is 0 Å². The molecular weight excluding hydrogens is 244 g/mol. The van der Waals surface area contributed by atoms with Gasteiger partial charge in [0.25, 0.3) is 0 Å². The van der Waals surface area contributed by atoms with Crippen molar-refractivity contribution < 1.29 is 4.79 Å². The summed E-state index contributed by atoms with van der Waals surface area (Å²) in [4.78, 5) is 11.8. The Bertz CT molecular complexity index is 418. The topological polar surface area (TPSA) is 55.1 Å². The van der Waals surface area contributed by atoms with Gasteiger partial charge < -0.3 is 11.1 Å². The quantitative estimate of drug-likeness (QED) is 0.804. The number of nitrogens with one attached hydrogen (secondary N) is 1. The van der Waals surface area contributed by atoms with Crippen LogP contribution in [-0.2, 0) is 4.79 Å². The Morgan fingerprint density at radius 1 is 1.39 bits per heavy atom. The molecule has 0 spiro atoms. The van der Waals surface area contributed by atoms with Crippen LogP contribution in [0.5, 0.6) is 0 Å². The van der Waals surface area contributed by atoms with E-state index in [1.165, 1.54) is 0 Å². The van der Waals surface area contributed by atoms with Crippen molar-refractivity contribution in [3.63, 3.8) is 0 Å². The van der Waals surface area contributed by atoms with Crippen molar-refractivity contribution >= 4 is 29.0 Å². The van der Waals surface area contributed by atoms with E-state index in [-0.39, 0.29) is 5.91 Å². The van der Waals surface area contributed by atoms with Crippen molar-refractivity contribution in [1.29, 1.82) is 0 Å². The molecule has 1 amide bonds. The van der Waals surface area contributed by atoms with Crippen LogP contribution >= 0.6 is 11.8 Å². The number of hydrogen-bond acceptors (Lipinski definition) is 3. The van der Waals surface area contributed by atoms with Crippen molar-refractivity contribution in [2.75, 3.05) is 16.8 Å². The summed E-state index contributed by atoms with van der Waals surface area (Å²) in [5.41, 5.74) is 8.22. The third kappa shape index (κ3) is 4.61. The number of anilines is 2. The first-order valence-electron chi connectivity index (χ1n) is 6.17. The van der Waals surface area contributed by atoms with Gasteiger partial charge >= 0.3 is 0 Å². The fourth-order valence-corrected chi connectivity index (χ4v) is 2.28. The number of nitrogen functional groups attached to an aromatic ring is 1. The maximum Gasteiger partial charge on any atom is 0.234 e. The van der Waals surface area contributed by atoms with E-state index >= 15 is 0 Å². The lowest BCUT2D eigenvalue weighted by Gasteiger charge is -2.15. The van der Waals surface area contributed by atoms with E-state index in [0.717, 1.165) is 11.3 Å². The number of thioether (sulfide) groups is 1. The maximum absolute atomic E-state index is 11.8. The summed E-state index contributed by atoms with van der Waals surface area (Å²) in [6.07, 6.45) is 0. The van der Waals surface area contributed by atoms with Crippen molar-refractivity contribution in [2.45, 2.75) is 32.9 Å². The lowest BCUT2D eigenvalue weighted by Crippen LogP contribution is -2.18. The summed E-state index contributed by atoms with van der Waals surface area (Å²) in [5.74, 6) is 1.12. The largest absolute Gasteiger partial charge is 0.399 e. The van der Waals surface area contributed by atoms with Crippen LogP contribution in [-0.4, -0.2) is 16.9 Å². The summed E-state index contributed by atoms with van der Waals surface area (Å²) in [5, 5.41) is 3.41. The van der Waals surface area contributed by atoms with Gasteiger partial charge in [-0.2, -0.15) is 0 Å². The average Bonchev–Trinajstić information content (AvgIpc) is 2.29. The second-order valence-corrected chi connectivity index (χ2v) is 6.25. The normalized spacial score (nSPS) is 12.5. The highest BCUT2D eigenvalue weighted by molar-refractivity contribution is 8.00. The lowest BCUT2D eigenvalue weighted by atomic mass is 10.2. The number of amides is 1. The molecule has 3 N–H and O–H groups in total. The molecule has 18 heavy (non-hydrogen) atoms. The molecule has 0 fully saturated rings. The molecular formula is C14H22N2OS. The zero-order valence-corrected chi connectivity index (χ0v) is 12.3. The Balaban J connectivity index is 2.50. The van der Waals surface area contributed by atoms with Gasteiger partial charge in [-0.05, 0) is 36.6 Å². The highest BCUT2D eigenvalue weighted by Gasteiger charge is 2.11. The second kappa shape index (κ2) is 6.69. The number of aryl methyl sites for hydroxylation is 1. The third-order valence-corrected chi connectivity index (χ3v) is 4.44. The molecule has 1 aromatic carbocycles. The van der Waals surface area contributed by atoms with Gasteiger partial charge in [-0.3, -0.25) is 4.79 Å². The molecule has 4 heteroatoms. The fourth-order valence-electron chi connectivity index (χ4n) is 1.41. The van der Waals surface area contributed by atoms with E-state index in [1.54, 1.807) is 17.8 Å². The van der Waals surface area contributed by atoms with Gasteiger partial charge in [-0.1, -0.05) is 20.8 Å². The van der Waals surface area contributed by atoms with E-state index in [9.17, 15) is 4.79 Å². The van der Waals surface area contributed by atoms with Crippen LogP contribution in [0, 0.1) is 12.8 Å². The van der Waals surface area contributed by atoms with Crippen molar-refractivity contribution in [1.82, 2.24) is 0 Å². The van der Waals surface area contributed by atoms with Crippen LogP contribution in [0.15, 0.2) is 18.2 Å². The van der Waals surface area contributed by atoms with Gasteiger partial charge in [-0.25, -0.2) is 0 Å². The zero-order valence-electron chi connectivity index (χ0n) is 11.5. The first kappa shape index (κ1) is 14.9. The maximum atomic E-state index is 11.8. The molecule has 1 rings (SSSR count). The minimum atomic E-state index is 0.0420. The molecule has 0 saturated carbocycles.